The van der Waals surface area contributed by atoms with E-state index in [9.17, 15) is 9.18 Å². The minimum absolute atomic E-state index is 0.220. The van der Waals surface area contributed by atoms with Crippen LogP contribution in [0.25, 0.3) is 10.2 Å². The number of ether oxygens (including phenoxy) is 1. The number of aromatic nitrogens is 2. The van der Waals surface area contributed by atoms with Crippen LogP contribution >= 0.6 is 23.1 Å². The Morgan fingerprint density at radius 2 is 1.97 bits per heavy atom. The summed E-state index contributed by atoms with van der Waals surface area (Å²) in [6.07, 6.45) is 1.67. The maximum Gasteiger partial charge on any atom is 0.258 e. The van der Waals surface area contributed by atoms with Crippen molar-refractivity contribution < 1.29 is 13.9 Å². The Kier molecular flexibility index (Phi) is 6.52. The number of hydrogen-bond donors (Lipinski definition) is 1. The summed E-state index contributed by atoms with van der Waals surface area (Å²) in [6, 6.07) is 15.6. The van der Waals surface area contributed by atoms with Crippen molar-refractivity contribution in [2.45, 2.75) is 10.8 Å². The molecule has 1 fully saturated rings. The summed E-state index contributed by atoms with van der Waals surface area (Å²) in [7, 11) is 0. The molecule has 168 valence electrons. The Hall–Kier alpha value is -3.01. The fourth-order valence-electron chi connectivity index (χ4n) is 3.49. The minimum atomic E-state index is -0.267. The number of carbonyl (C=O) groups is 1. The van der Waals surface area contributed by atoms with E-state index in [2.05, 4.69) is 15.2 Å². The first-order chi connectivity index (χ1) is 16.2. The van der Waals surface area contributed by atoms with Crippen molar-refractivity contribution >= 4 is 50.0 Å². The molecule has 1 aliphatic heterocycles. The topological polar surface area (TPSA) is 67.4 Å². The van der Waals surface area contributed by atoms with Gasteiger partial charge in [-0.25, -0.2) is 14.4 Å². The van der Waals surface area contributed by atoms with Gasteiger partial charge in [0, 0.05) is 30.7 Å². The number of nitrogens with zero attached hydrogens (tertiary/aromatic N) is 3. The summed E-state index contributed by atoms with van der Waals surface area (Å²) in [5.74, 6) is 0.105. The molecule has 33 heavy (non-hydrogen) atoms. The van der Waals surface area contributed by atoms with Crippen LogP contribution < -0.4 is 10.2 Å². The molecule has 9 heteroatoms. The number of nitrogens with one attached hydrogen (secondary N) is 1. The molecule has 5 rings (SSSR count). The first kappa shape index (κ1) is 21.8. The number of thioether (sulfide) groups is 1. The monoisotopic (exact) mass is 480 g/mol. The van der Waals surface area contributed by atoms with Crippen LogP contribution in [-0.4, -0.2) is 42.2 Å². The third kappa shape index (κ3) is 5.16. The number of carbonyl (C=O) groups excluding carboxylic acids is 1. The van der Waals surface area contributed by atoms with Crippen LogP contribution in [0.15, 0.2) is 65.8 Å². The van der Waals surface area contributed by atoms with Crippen LogP contribution in [0.5, 0.6) is 0 Å². The molecule has 6 nitrogen and oxygen atoms in total. The number of morpholine rings is 1. The Morgan fingerprint density at radius 1 is 1.15 bits per heavy atom. The molecule has 2 aromatic carbocycles. The van der Waals surface area contributed by atoms with E-state index in [1.165, 1.54) is 23.9 Å². The number of hydrogen-bond acceptors (Lipinski definition) is 7. The molecule has 1 amide bonds. The normalized spacial score (nSPS) is 13.9. The molecule has 3 heterocycles. The van der Waals surface area contributed by atoms with Crippen LogP contribution in [0.3, 0.4) is 0 Å². The van der Waals surface area contributed by atoms with Gasteiger partial charge in [-0.1, -0.05) is 23.5 Å². The van der Waals surface area contributed by atoms with Gasteiger partial charge in [-0.15, -0.1) is 11.8 Å². The smallest absolute Gasteiger partial charge is 0.258 e. The van der Waals surface area contributed by atoms with Crippen molar-refractivity contribution in [1.82, 2.24) is 9.97 Å². The Bertz CT molecular complexity index is 1270. The van der Waals surface area contributed by atoms with Gasteiger partial charge in [0.25, 0.3) is 5.91 Å². The molecule has 0 unspecified atom stereocenters. The molecule has 1 aliphatic rings. The van der Waals surface area contributed by atoms with Crippen molar-refractivity contribution in [3.05, 3.63) is 77.7 Å². The molecule has 0 spiro atoms. The van der Waals surface area contributed by atoms with Gasteiger partial charge in [0.1, 0.15) is 10.8 Å². The van der Waals surface area contributed by atoms with Crippen LogP contribution in [0.4, 0.5) is 15.2 Å². The summed E-state index contributed by atoms with van der Waals surface area (Å²) in [5.41, 5.74) is 3.09. The van der Waals surface area contributed by atoms with Crippen molar-refractivity contribution in [1.29, 1.82) is 0 Å². The lowest BCUT2D eigenvalue weighted by Gasteiger charge is -2.25. The predicted molar refractivity (Wildman–Crippen MR) is 131 cm³/mol. The second-order valence-corrected chi connectivity index (χ2v) is 9.48. The lowest BCUT2D eigenvalue weighted by atomic mass is 10.2. The standard InChI is InChI=1S/C24H21FN4O2S2/c25-17-5-3-16(4-6-17)15-32-23-19(2-1-9-26-23)22(30)27-18-7-8-20-21(14-18)33-24(28-20)29-10-12-31-13-11-29/h1-9,14H,10-13,15H2,(H,27,30). The van der Waals surface area contributed by atoms with Gasteiger partial charge < -0.3 is 15.0 Å². The van der Waals surface area contributed by atoms with Crippen LogP contribution in [0.2, 0.25) is 0 Å². The zero-order valence-electron chi connectivity index (χ0n) is 17.7. The molecule has 2 aromatic heterocycles. The number of halogens is 1. The predicted octanol–water partition coefficient (Wildman–Crippen LogP) is 5.21. The first-order valence-corrected chi connectivity index (χ1v) is 12.3. The fourth-order valence-corrected chi connectivity index (χ4v) is 5.49. The fraction of sp³-hybridized carbons (Fsp3) is 0.208. The van der Waals surface area contributed by atoms with Gasteiger partial charge in [0.2, 0.25) is 0 Å². The van der Waals surface area contributed by atoms with Gasteiger partial charge in [-0.05, 0) is 48.0 Å². The average Bonchev–Trinajstić information content (AvgIpc) is 3.28. The Morgan fingerprint density at radius 3 is 2.79 bits per heavy atom. The SMILES string of the molecule is O=C(Nc1ccc2nc(N3CCOCC3)sc2c1)c1cccnc1SCc1ccc(F)cc1. The molecule has 0 bridgehead atoms. The summed E-state index contributed by atoms with van der Waals surface area (Å²) in [4.78, 5) is 24.4. The highest BCUT2D eigenvalue weighted by atomic mass is 32.2. The summed E-state index contributed by atoms with van der Waals surface area (Å²) < 4.78 is 19.6. The number of thiazole rings is 1. The first-order valence-electron chi connectivity index (χ1n) is 10.5. The van der Waals surface area contributed by atoms with Gasteiger partial charge in [0.05, 0.1) is 29.0 Å². The highest BCUT2D eigenvalue weighted by molar-refractivity contribution is 7.98. The minimum Gasteiger partial charge on any atom is -0.378 e. The lowest BCUT2D eigenvalue weighted by molar-refractivity contribution is 0.102. The quantitative estimate of drug-likeness (QED) is 0.382. The number of benzene rings is 2. The van der Waals surface area contributed by atoms with Crippen molar-refractivity contribution in [2.75, 3.05) is 36.5 Å². The number of rotatable bonds is 6. The molecule has 0 radical (unpaired) electrons. The van der Waals surface area contributed by atoms with Crippen molar-refractivity contribution in [2.24, 2.45) is 0 Å². The molecule has 1 N–H and O–H groups in total. The number of anilines is 2. The van der Waals surface area contributed by atoms with E-state index in [0.29, 0.717) is 35.2 Å². The highest BCUT2D eigenvalue weighted by Gasteiger charge is 2.17. The largest absolute Gasteiger partial charge is 0.378 e. The third-order valence-corrected chi connectivity index (χ3v) is 7.38. The zero-order chi connectivity index (χ0) is 22.6. The maximum atomic E-state index is 13.1. The molecule has 0 saturated carbocycles. The third-order valence-electron chi connectivity index (χ3n) is 5.22. The van der Waals surface area contributed by atoms with E-state index >= 15 is 0 Å². The molecule has 0 aliphatic carbocycles. The molecular formula is C24H21FN4O2S2. The maximum absolute atomic E-state index is 13.1. The highest BCUT2D eigenvalue weighted by Crippen LogP contribution is 2.32. The van der Waals surface area contributed by atoms with E-state index in [1.807, 2.05) is 18.2 Å². The van der Waals surface area contributed by atoms with E-state index in [1.54, 1.807) is 41.8 Å². The van der Waals surface area contributed by atoms with Gasteiger partial charge in [-0.2, -0.15) is 0 Å². The lowest BCUT2D eigenvalue weighted by Crippen LogP contribution is -2.36. The molecular weight excluding hydrogens is 459 g/mol. The van der Waals surface area contributed by atoms with Crippen molar-refractivity contribution in [3.63, 3.8) is 0 Å². The van der Waals surface area contributed by atoms with Crippen LogP contribution in [0.1, 0.15) is 15.9 Å². The second-order valence-electron chi connectivity index (χ2n) is 7.50. The molecule has 1 saturated heterocycles. The Labute approximate surface area is 198 Å². The number of pyridine rings is 1. The summed E-state index contributed by atoms with van der Waals surface area (Å²) in [5, 5.41) is 4.60. The van der Waals surface area contributed by atoms with Gasteiger partial charge in [-0.3, -0.25) is 4.79 Å². The van der Waals surface area contributed by atoms with Gasteiger partial charge in [0.15, 0.2) is 5.13 Å². The zero-order valence-corrected chi connectivity index (χ0v) is 19.3. The Balaban J connectivity index is 1.30. The average molecular weight is 481 g/mol. The van der Waals surface area contributed by atoms with Crippen molar-refractivity contribution in [3.8, 4) is 0 Å². The van der Waals surface area contributed by atoms with E-state index in [-0.39, 0.29) is 11.7 Å². The van der Waals surface area contributed by atoms with Gasteiger partial charge >= 0.3 is 0 Å². The van der Waals surface area contributed by atoms with E-state index < -0.39 is 0 Å². The van der Waals surface area contributed by atoms with E-state index in [0.717, 1.165) is 34.0 Å². The number of amides is 1. The number of fused-ring (bicyclic) bond motifs is 1. The second kappa shape index (κ2) is 9.86. The summed E-state index contributed by atoms with van der Waals surface area (Å²) in [6.45, 7) is 3.10. The van der Waals surface area contributed by atoms with E-state index in [4.69, 9.17) is 9.72 Å². The summed E-state index contributed by atoms with van der Waals surface area (Å²) >= 11 is 3.06. The van der Waals surface area contributed by atoms with Crippen LogP contribution in [-0.2, 0) is 10.5 Å². The van der Waals surface area contributed by atoms with Crippen LogP contribution in [0, 0.1) is 5.82 Å². The molecule has 0 atom stereocenters. The molecule has 4 aromatic rings.